The van der Waals surface area contributed by atoms with E-state index in [1.54, 1.807) is 40.7 Å². The molecule has 0 saturated heterocycles. The van der Waals surface area contributed by atoms with E-state index in [-0.39, 0.29) is 22.6 Å². The maximum absolute atomic E-state index is 13.0. The van der Waals surface area contributed by atoms with Gasteiger partial charge >= 0.3 is 0 Å². The summed E-state index contributed by atoms with van der Waals surface area (Å²) >= 11 is 2.15. The fourth-order valence-corrected chi connectivity index (χ4v) is 5.09. The Morgan fingerprint density at radius 2 is 1.57 bits per heavy atom. The Hall–Kier alpha value is -1.45. The van der Waals surface area contributed by atoms with Gasteiger partial charge in [-0.1, -0.05) is 33.8 Å². The maximum atomic E-state index is 13.0. The lowest BCUT2D eigenvalue weighted by Crippen LogP contribution is -2.37. The van der Waals surface area contributed by atoms with E-state index in [1.165, 1.54) is 0 Å². The highest BCUT2D eigenvalue weighted by Gasteiger charge is 2.25. The number of benzene rings is 2. The highest BCUT2D eigenvalue weighted by atomic mass is 127. The van der Waals surface area contributed by atoms with Gasteiger partial charge in [-0.05, 0) is 76.9 Å². The first kappa shape index (κ1) is 22.8. The van der Waals surface area contributed by atoms with Gasteiger partial charge in [0.15, 0.2) is 0 Å². The number of carbonyl (C=O) groups is 1. The van der Waals surface area contributed by atoms with Crippen LogP contribution in [0, 0.1) is 15.4 Å². The third-order valence-corrected chi connectivity index (χ3v) is 6.49. The zero-order valence-electron chi connectivity index (χ0n) is 16.6. The van der Waals surface area contributed by atoms with Gasteiger partial charge in [-0.3, -0.25) is 4.79 Å². The van der Waals surface area contributed by atoms with Crippen LogP contribution < -0.4 is 5.32 Å². The van der Waals surface area contributed by atoms with Crippen LogP contribution >= 0.6 is 22.6 Å². The molecule has 7 heteroatoms. The molecule has 2 rings (SSSR count). The smallest absolute Gasteiger partial charge is 0.255 e. The average Bonchev–Trinajstić information content (AvgIpc) is 2.61. The third-order valence-electron chi connectivity index (χ3n) is 3.97. The Labute approximate surface area is 181 Å². The molecule has 0 heterocycles. The number of sulfonamides is 1. The summed E-state index contributed by atoms with van der Waals surface area (Å²) in [5.41, 5.74) is 1.12. The van der Waals surface area contributed by atoms with Crippen LogP contribution in [0.1, 0.15) is 38.1 Å². The Kier molecular flexibility index (Phi) is 8.03. The first-order valence-corrected chi connectivity index (χ1v) is 11.8. The number of halogens is 1. The molecular weight excluding hydrogens is 487 g/mol. The predicted molar refractivity (Wildman–Crippen MR) is 122 cm³/mol. The summed E-state index contributed by atoms with van der Waals surface area (Å²) in [4.78, 5) is 12.6. The van der Waals surface area contributed by atoms with Gasteiger partial charge in [0.2, 0.25) is 10.0 Å². The molecule has 152 valence electrons. The molecule has 5 nitrogen and oxygen atoms in total. The average molecular weight is 514 g/mol. The third kappa shape index (κ3) is 6.28. The molecule has 0 radical (unpaired) electrons. The highest BCUT2D eigenvalue weighted by molar-refractivity contribution is 14.1. The normalized spacial score (nSPS) is 12.0. The van der Waals surface area contributed by atoms with Crippen LogP contribution in [0.4, 0.5) is 5.69 Å². The van der Waals surface area contributed by atoms with Crippen molar-refractivity contribution in [2.45, 2.75) is 32.6 Å². The molecule has 0 fully saturated rings. The molecule has 0 atom stereocenters. The number of rotatable bonds is 8. The lowest BCUT2D eigenvalue weighted by molar-refractivity contribution is 0.102. The molecule has 0 unspecified atom stereocenters. The minimum atomic E-state index is -3.57. The van der Waals surface area contributed by atoms with Crippen molar-refractivity contribution in [3.05, 3.63) is 57.7 Å². The second-order valence-corrected chi connectivity index (χ2v) is 10.8. The summed E-state index contributed by atoms with van der Waals surface area (Å²) in [5, 5.41) is 2.81. The van der Waals surface area contributed by atoms with E-state index < -0.39 is 10.0 Å². The molecule has 0 aliphatic heterocycles. The zero-order valence-corrected chi connectivity index (χ0v) is 19.6. The van der Waals surface area contributed by atoms with E-state index in [4.69, 9.17) is 0 Å². The number of nitrogens with one attached hydrogen (secondary N) is 1. The van der Waals surface area contributed by atoms with E-state index in [9.17, 15) is 13.2 Å². The fraction of sp³-hybridized carbons (Fsp3) is 0.381. The van der Waals surface area contributed by atoms with Crippen molar-refractivity contribution in [2.24, 2.45) is 11.8 Å². The molecule has 0 saturated carbocycles. The van der Waals surface area contributed by atoms with Gasteiger partial charge in [0.25, 0.3) is 5.91 Å². The number of hydrogen-bond acceptors (Lipinski definition) is 3. The van der Waals surface area contributed by atoms with E-state index in [2.05, 4.69) is 27.9 Å². The van der Waals surface area contributed by atoms with E-state index in [0.717, 1.165) is 3.57 Å². The van der Waals surface area contributed by atoms with E-state index >= 15 is 0 Å². The number of nitrogens with zero attached hydrogens (tertiary/aromatic N) is 1. The standard InChI is InChI=1S/C21H27IN2O3S/c1-15(2)13-24(14-16(3)4)28(26,27)20-10-8-19(9-11-20)23-21(25)17-6-5-7-18(22)12-17/h5-12,15-16H,13-14H2,1-4H3,(H,23,25). The van der Waals surface area contributed by atoms with Crippen molar-refractivity contribution >= 4 is 44.2 Å². The number of carbonyl (C=O) groups excluding carboxylic acids is 1. The molecule has 1 amide bonds. The molecule has 0 aromatic heterocycles. The topological polar surface area (TPSA) is 66.5 Å². The number of anilines is 1. The first-order chi connectivity index (χ1) is 13.1. The minimum Gasteiger partial charge on any atom is -0.322 e. The van der Waals surface area contributed by atoms with Crippen LogP contribution in [0.5, 0.6) is 0 Å². The van der Waals surface area contributed by atoms with Gasteiger partial charge in [-0.2, -0.15) is 4.31 Å². The summed E-state index contributed by atoms with van der Waals surface area (Å²) < 4.78 is 28.6. The molecule has 2 aromatic carbocycles. The van der Waals surface area contributed by atoms with Gasteiger partial charge in [0.05, 0.1) is 4.90 Å². The Bertz CT molecular complexity index is 900. The van der Waals surface area contributed by atoms with Gasteiger partial charge in [0.1, 0.15) is 0 Å². The number of amides is 1. The van der Waals surface area contributed by atoms with Crippen LogP contribution in [0.15, 0.2) is 53.4 Å². The molecule has 1 N–H and O–H groups in total. The van der Waals surface area contributed by atoms with E-state index in [0.29, 0.717) is 24.3 Å². The fourth-order valence-electron chi connectivity index (χ4n) is 2.78. The van der Waals surface area contributed by atoms with Gasteiger partial charge < -0.3 is 5.32 Å². The highest BCUT2D eigenvalue weighted by Crippen LogP contribution is 2.21. The van der Waals surface area contributed by atoms with Crippen molar-refractivity contribution in [2.75, 3.05) is 18.4 Å². The molecule has 0 spiro atoms. The van der Waals surface area contributed by atoms with Crippen molar-refractivity contribution in [3.8, 4) is 0 Å². The van der Waals surface area contributed by atoms with Crippen LogP contribution in [0.3, 0.4) is 0 Å². The van der Waals surface area contributed by atoms with Crippen molar-refractivity contribution in [1.29, 1.82) is 0 Å². The molecule has 2 aromatic rings. The molecular formula is C21H27IN2O3S. The predicted octanol–water partition coefficient (Wildman–Crippen LogP) is 4.85. The van der Waals surface area contributed by atoms with Crippen LogP contribution in [-0.2, 0) is 10.0 Å². The van der Waals surface area contributed by atoms with Crippen molar-refractivity contribution in [3.63, 3.8) is 0 Å². The minimum absolute atomic E-state index is 0.227. The Morgan fingerprint density at radius 3 is 2.07 bits per heavy atom. The van der Waals surface area contributed by atoms with Crippen LogP contribution in [-0.4, -0.2) is 31.7 Å². The monoisotopic (exact) mass is 514 g/mol. The lowest BCUT2D eigenvalue weighted by atomic mass is 10.2. The molecule has 0 aliphatic rings. The number of hydrogen-bond donors (Lipinski definition) is 1. The zero-order chi connectivity index (χ0) is 20.9. The van der Waals surface area contributed by atoms with Crippen molar-refractivity contribution in [1.82, 2.24) is 4.31 Å². The summed E-state index contributed by atoms with van der Waals surface area (Å²) in [5.74, 6) is 0.247. The van der Waals surface area contributed by atoms with Crippen LogP contribution in [0.2, 0.25) is 0 Å². The quantitative estimate of drug-likeness (QED) is 0.513. The Morgan fingerprint density at radius 1 is 1.00 bits per heavy atom. The van der Waals surface area contributed by atoms with Gasteiger partial charge in [-0.25, -0.2) is 8.42 Å². The maximum Gasteiger partial charge on any atom is 0.255 e. The molecule has 0 bridgehead atoms. The Balaban J connectivity index is 2.18. The first-order valence-electron chi connectivity index (χ1n) is 9.26. The summed E-state index contributed by atoms with van der Waals surface area (Å²) in [6.45, 7) is 8.98. The van der Waals surface area contributed by atoms with Crippen molar-refractivity contribution < 1.29 is 13.2 Å². The largest absolute Gasteiger partial charge is 0.322 e. The summed E-state index contributed by atoms with van der Waals surface area (Å²) in [7, 11) is -3.57. The van der Waals surface area contributed by atoms with Gasteiger partial charge in [0, 0.05) is 27.9 Å². The SMILES string of the molecule is CC(C)CN(CC(C)C)S(=O)(=O)c1ccc(NC(=O)c2cccc(I)c2)cc1. The summed E-state index contributed by atoms with van der Waals surface area (Å²) in [6, 6.07) is 13.6. The van der Waals surface area contributed by atoms with Gasteiger partial charge in [-0.15, -0.1) is 0 Å². The lowest BCUT2D eigenvalue weighted by Gasteiger charge is -2.25. The van der Waals surface area contributed by atoms with Crippen LogP contribution in [0.25, 0.3) is 0 Å². The second kappa shape index (κ2) is 9.84. The molecule has 28 heavy (non-hydrogen) atoms. The molecule has 0 aliphatic carbocycles. The van der Waals surface area contributed by atoms with E-state index in [1.807, 2.05) is 39.8 Å². The summed E-state index contributed by atoms with van der Waals surface area (Å²) in [6.07, 6.45) is 0. The second-order valence-electron chi connectivity index (χ2n) is 7.60.